The van der Waals surface area contributed by atoms with Crippen LogP contribution in [0.3, 0.4) is 0 Å². The van der Waals surface area contributed by atoms with E-state index in [1.165, 1.54) is 13.0 Å². The van der Waals surface area contributed by atoms with Crippen LogP contribution in [0.2, 0.25) is 10.0 Å². The molecule has 0 aliphatic heterocycles. The van der Waals surface area contributed by atoms with Crippen LogP contribution in [-0.2, 0) is 0 Å². The third kappa shape index (κ3) is 3.02. The second kappa shape index (κ2) is 5.68. The van der Waals surface area contributed by atoms with Gasteiger partial charge in [0.25, 0.3) is 5.89 Å². The van der Waals surface area contributed by atoms with Gasteiger partial charge in [0.05, 0.1) is 5.02 Å². The number of ether oxygens (including phenoxy) is 1. The lowest BCUT2D eigenvalue weighted by molar-refractivity contribution is 0.0913. The minimum atomic E-state index is -0.856. The first kappa shape index (κ1) is 14.6. The van der Waals surface area contributed by atoms with Crippen molar-refractivity contribution in [3.05, 3.63) is 44.7 Å². The molecule has 1 aromatic carbocycles. The maximum atomic E-state index is 11.4. The summed E-state index contributed by atoms with van der Waals surface area (Å²) in [6, 6.07) is 4.72. The molecular formula is C12H10Cl2N2O4. The molecule has 0 spiro atoms. The Bertz CT molecular complexity index is 708. The Balaban J connectivity index is 2.24. The number of rotatable bonds is 3. The van der Waals surface area contributed by atoms with E-state index in [1.54, 1.807) is 19.1 Å². The van der Waals surface area contributed by atoms with Crippen molar-refractivity contribution < 1.29 is 13.9 Å². The SMILES string of the molecule is CC(=O)n1nc(C(C)Oc2ccc(Cl)cc2Cl)oc1=O. The van der Waals surface area contributed by atoms with Gasteiger partial charge in [0.15, 0.2) is 6.10 Å². The molecule has 2 aromatic rings. The van der Waals surface area contributed by atoms with Crippen LogP contribution in [0.15, 0.2) is 27.4 Å². The Morgan fingerprint density at radius 1 is 1.45 bits per heavy atom. The Hall–Kier alpha value is -1.79. The standard InChI is InChI=1S/C12H10Cl2N2O4/c1-6(11-15-16(7(2)17)12(18)20-11)19-10-4-3-8(13)5-9(10)14/h3-6H,1-2H3. The maximum Gasteiger partial charge on any atom is 0.444 e. The predicted octanol–water partition coefficient (Wildman–Crippen LogP) is 2.94. The van der Waals surface area contributed by atoms with Crippen LogP contribution in [0.4, 0.5) is 0 Å². The number of carbonyl (C=O) groups excluding carboxylic acids is 1. The number of carbonyl (C=O) groups is 1. The van der Waals surface area contributed by atoms with Crippen molar-refractivity contribution in [2.24, 2.45) is 0 Å². The summed E-state index contributed by atoms with van der Waals surface area (Å²) in [7, 11) is 0. The molecule has 106 valence electrons. The summed E-state index contributed by atoms with van der Waals surface area (Å²) in [6.07, 6.45) is -0.693. The van der Waals surface area contributed by atoms with E-state index in [0.29, 0.717) is 20.5 Å². The summed E-state index contributed by atoms with van der Waals surface area (Å²) in [5.41, 5.74) is 0. The predicted molar refractivity (Wildman–Crippen MR) is 72.6 cm³/mol. The Labute approximate surface area is 123 Å². The minimum absolute atomic E-state index is 0.0174. The van der Waals surface area contributed by atoms with E-state index in [-0.39, 0.29) is 5.89 Å². The number of hydrogen-bond donors (Lipinski definition) is 0. The Morgan fingerprint density at radius 2 is 2.15 bits per heavy atom. The van der Waals surface area contributed by atoms with Crippen molar-refractivity contribution in [1.82, 2.24) is 9.78 Å². The molecule has 1 atom stereocenters. The molecule has 0 saturated heterocycles. The van der Waals surface area contributed by atoms with Gasteiger partial charge in [0.1, 0.15) is 5.75 Å². The van der Waals surface area contributed by atoms with Crippen molar-refractivity contribution in [2.75, 3.05) is 0 Å². The van der Waals surface area contributed by atoms with Gasteiger partial charge in [-0.25, -0.2) is 4.79 Å². The zero-order chi connectivity index (χ0) is 14.9. The second-order valence-corrected chi connectivity index (χ2v) is 4.82. The lowest BCUT2D eigenvalue weighted by Crippen LogP contribution is -2.21. The van der Waals surface area contributed by atoms with E-state index in [1.807, 2.05) is 0 Å². The number of benzene rings is 1. The summed E-state index contributed by atoms with van der Waals surface area (Å²) in [5.74, 6) is -1.05. The van der Waals surface area contributed by atoms with Crippen LogP contribution >= 0.6 is 23.2 Å². The lowest BCUT2D eigenvalue weighted by atomic mass is 10.3. The van der Waals surface area contributed by atoms with Crippen molar-refractivity contribution in [2.45, 2.75) is 20.0 Å². The average molecular weight is 317 g/mol. The number of hydrogen-bond acceptors (Lipinski definition) is 5. The van der Waals surface area contributed by atoms with Crippen LogP contribution < -0.4 is 10.5 Å². The Morgan fingerprint density at radius 3 is 2.70 bits per heavy atom. The molecule has 0 amide bonds. The summed E-state index contributed by atoms with van der Waals surface area (Å²) in [4.78, 5) is 22.5. The van der Waals surface area contributed by atoms with Gasteiger partial charge in [-0.3, -0.25) is 4.79 Å². The van der Waals surface area contributed by atoms with Crippen molar-refractivity contribution in [1.29, 1.82) is 0 Å². The zero-order valence-electron chi connectivity index (χ0n) is 10.6. The molecule has 1 heterocycles. The number of halogens is 2. The first-order valence-corrected chi connectivity index (χ1v) is 6.37. The monoisotopic (exact) mass is 316 g/mol. The fourth-order valence-electron chi connectivity index (χ4n) is 1.47. The van der Waals surface area contributed by atoms with E-state index < -0.39 is 17.8 Å². The molecule has 0 radical (unpaired) electrons. The van der Waals surface area contributed by atoms with Gasteiger partial charge in [-0.1, -0.05) is 23.2 Å². The van der Waals surface area contributed by atoms with Crippen LogP contribution in [0.5, 0.6) is 5.75 Å². The fourth-order valence-corrected chi connectivity index (χ4v) is 1.92. The van der Waals surface area contributed by atoms with E-state index >= 15 is 0 Å². The topological polar surface area (TPSA) is 74.3 Å². The zero-order valence-corrected chi connectivity index (χ0v) is 12.1. The van der Waals surface area contributed by atoms with Crippen LogP contribution in [-0.4, -0.2) is 15.7 Å². The molecule has 0 aliphatic carbocycles. The van der Waals surface area contributed by atoms with E-state index in [9.17, 15) is 9.59 Å². The second-order valence-electron chi connectivity index (χ2n) is 3.97. The summed E-state index contributed by atoms with van der Waals surface area (Å²) in [5, 5.41) is 4.54. The van der Waals surface area contributed by atoms with Gasteiger partial charge in [-0.2, -0.15) is 0 Å². The molecule has 0 N–H and O–H groups in total. The highest BCUT2D eigenvalue weighted by Crippen LogP contribution is 2.30. The van der Waals surface area contributed by atoms with Gasteiger partial charge in [-0.05, 0) is 25.1 Å². The average Bonchev–Trinajstić information content (AvgIpc) is 2.75. The maximum absolute atomic E-state index is 11.4. The third-order valence-electron chi connectivity index (χ3n) is 2.41. The number of nitrogens with zero attached hydrogens (tertiary/aromatic N) is 2. The first-order chi connectivity index (χ1) is 9.38. The molecule has 0 bridgehead atoms. The van der Waals surface area contributed by atoms with Crippen molar-refractivity contribution >= 4 is 29.1 Å². The fraction of sp³-hybridized carbons (Fsp3) is 0.250. The lowest BCUT2D eigenvalue weighted by Gasteiger charge is -2.12. The summed E-state index contributed by atoms with van der Waals surface area (Å²) < 4.78 is 11.0. The third-order valence-corrected chi connectivity index (χ3v) is 2.94. The molecular weight excluding hydrogens is 307 g/mol. The molecule has 6 nitrogen and oxygen atoms in total. The summed E-state index contributed by atoms with van der Waals surface area (Å²) >= 11 is 11.7. The number of aromatic nitrogens is 2. The van der Waals surface area contributed by atoms with Gasteiger partial charge >= 0.3 is 5.76 Å². The van der Waals surface area contributed by atoms with Crippen molar-refractivity contribution in [3.63, 3.8) is 0 Å². The van der Waals surface area contributed by atoms with Gasteiger partial charge in [0.2, 0.25) is 5.91 Å². The highest BCUT2D eigenvalue weighted by molar-refractivity contribution is 6.35. The molecule has 0 aliphatic rings. The smallest absolute Gasteiger partial charge is 0.444 e. The minimum Gasteiger partial charge on any atom is -0.479 e. The molecule has 1 aromatic heterocycles. The summed E-state index contributed by atoms with van der Waals surface area (Å²) in [6.45, 7) is 2.82. The molecule has 1 unspecified atom stereocenters. The van der Waals surface area contributed by atoms with Gasteiger partial charge < -0.3 is 9.15 Å². The normalized spacial score (nSPS) is 12.2. The largest absolute Gasteiger partial charge is 0.479 e. The van der Waals surface area contributed by atoms with Crippen LogP contribution in [0.1, 0.15) is 30.6 Å². The molecule has 8 heteroatoms. The van der Waals surface area contributed by atoms with E-state index in [4.69, 9.17) is 32.4 Å². The van der Waals surface area contributed by atoms with E-state index in [0.717, 1.165) is 0 Å². The highest BCUT2D eigenvalue weighted by Gasteiger charge is 2.19. The van der Waals surface area contributed by atoms with Crippen LogP contribution in [0.25, 0.3) is 0 Å². The van der Waals surface area contributed by atoms with Crippen LogP contribution in [0, 0.1) is 0 Å². The quantitative estimate of drug-likeness (QED) is 0.870. The molecule has 2 rings (SSSR count). The van der Waals surface area contributed by atoms with E-state index in [2.05, 4.69) is 5.10 Å². The van der Waals surface area contributed by atoms with Gasteiger partial charge in [0, 0.05) is 11.9 Å². The first-order valence-electron chi connectivity index (χ1n) is 5.61. The Kier molecular flexibility index (Phi) is 4.15. The highest BCUT2D eigenvalue weighted by atomic mass is 35.5. The molecule has 0 fully saturated rings. The van der Waals surface area contributed by atoms with Crippen molar-refractivity contribution in [3.8, 4) is 5.75 Å². The van der Waals surface area contributed by atoms with Gasteiger partial charge in [-0.15, -0.1) is 9.78 Å². The molecule has 0 saturated carbocycles. The molecule has 20 heavy (non-hydrogen) atoms.